The molecule has 0 saturated heterocycles. The van der Waals surface area contributed by atoms with Crippen molar-refractivity contribution in [2.24, 2.45) is 7.05 Å². The maximum atomic E-state index is 6.04. The van der Waals surface area contributed by atoms with Crippen molar-refractivity contribution in [3.8, 4) is 22.8 Å². The largest absolute Gasteiger partial charge is 0.460 e. The molecule has 0 fully saturated rings. The molecule has 3 aromatic rings. The van der Waals surface area contributed by atoms with E-state index in [-0.39, 0.29) is 0 Å². The van der Waals surface area contributed by atoms with E-state index >= 15 is 0 Å². The number of rotatable bonds is 2. The van der Waals surface area contributed by atoms with Crippen LogP contribution in [-0.2, 0) is 7.05 Å². The molecule has 0 aliphatic heterocycles. The Kier molecular flexibility index (Phi) is 3.12. The topological polar surface area (TPSA) is 56.7 Å². The van der Waals surface area contributed by atoms with Crippen molar-refractivity contribution in [1.82, 2.24) is 19.7 Å². The second kappa shape index (κ2) is 4.79. The Bertz CT molecular complexity index is 737. The molecular weight excluding hydrogens is 332 g/mol. The van der Waals surface area contributed by atoms with Gasteiger partial charge in [-0.25, -0.2) is 9.97 Å². The van der Waals surface area contributed by atoms with Crippen LogP contribution in [-0.4, -0.2) is 19.7 Å². The molecule has 0 aliphatic rings. The van der Waals surface area contributed by atoms with E-state index < -0.39 is 0 Å². The highest BCUT2D eigenvalue weighted by Crippen LogP contribution is 2.29. The first-order valence-electron chi connectivity index (χ1n) is 5.40. The van der Waals surface area contributed by atoms with Crippen molar-refractivity contribution >= 4 is 27.5 Å². The van der Waals surface area contributed by atoms with Crippen LogP contribution in [0.15, 0.2) is 39.7 Å². The van der Waals surface area contributed by atoms with Gasteiger partial charge in [0.25, 0.3) is 0 Å². The van der Waals surface area contributed by atoms with Gasteiger partial charge in [-0.1, -0.05) is 11.6 Å². The average Bonchev–Trinajstić information content (AvgIpc) is 2.97. The average molecular weight is 340 g/mol. The van der Waals surface area contributed by atoms with Gasteiger partial charge in [0.1, 0.15) is 5.15 Å². The zero-order valence-electron chi connectivity index (χ0n) is 9.84. The quantitative estimate of drug-likeness (QED) is 0.670. The summed E-state index contributed by atoms with van der Waals surface area (Å²) in [6.45, 7) is 0. The molecule has 0 bridgehead atoms. The van der Waals surface area contributed by atoms with Crippen molar-refractivity contribution in [3.63, 3.8) is 0 Å². The van der Waals surface area contributed by atoms with Crippen LogP contribution in [0.2, 0.25) is 5.15 Å². The lowest BCUT2D eigenvalue weighted by atomic mass is 10.2. The van der Waals surface area contributed by atoms with Crippen molar-refractivity contribution in [3.05, 3.63) is 40.4 Å². The van der Waals surface area contributed by atoms with E-state index in [4.69, 9.17) is 16.0 Å². The summed E-state index contributed by atoms with van der Waals surface area (Å²) >= 11 is 9.42. The van der Waals surface area contributed by atoms with Crippen LogP contribution in [0, 0.1) is 0 Å². The SMILES string of the molecule is Cn1cc(-c2cc(Cl)nc(-c3occc3Br)n2)cn1. The lowest BCUT2D eigenvalue weighted by Gasteiger charge is -2.02. The number of hydrogen-bond donors (Lipinski definition) is 0. The van der Waals surface area contributed by atoms with E-state index in [0.717, 1.165) is 10.0 Å². The minimum absolute atomic E-state index is 0.354. The molecule has 3 heterocycles. The molecule has 0 atom stereocenters. The standard InChI is InChI=1S/C12H8BrClN4O/c1-18-6-7(5-15-18)9-4-10(14)17-12(16-9)11-8(13)2-3-19-11/h2-6H,1H3. The maximum absolute atomic E-state index is 6.04. The van der Waals surface area contributed by atoms with E-state index in [0.29, 0.717) is 22.4 Å². The molecular formula is C12H8BrClN4O. The highest BCUT2D eigenvalue weighted by molar-refractivity contribution is 9.10. The van der Waals surface area contributed by atoms with E-state index in [1.807, 2.05) is 13.2 Å². The Balaban J connectivity index is 2.13. The van der Waals surface area contributed by atoms with Crippen molar-refractivity contribution < 1.29 is 4.42 Å². The molecule has 0 spiro atoms. The zero-order valence-corrected chi connectivity index (χ0v) is 12.2. The molecule has 0 amide bonds. The van der Waals surface area contributed by atoms with Gasteiger partial charge in [0, 0.05) is 24.9 Å². The highest BCUT2D eigenvalue weighted by atomic mass is 79.9. The third-order valence-corrected chi connectivity index (χ3v) is 3.33. The molecule has 0 unspecified atom stereocenters. The third-order valence-electron chi connectivity index (χ3n) is 2.52. The molecule has 5 nitrogen and oxygen atoms in total. The summed E-state index contributed by atoms with van der Waals surface area (Å²) in [6, 6.07) is 3.47. The summed E-state index contributed by atoms with van der Waals surface area (Å²) in [5.74, 6) is 0.982. The van der Waals surface area contributed by atoms with Crippen LogP contribution in [0.4, 0.5) is 0 Å². The van der Waals surface area contributed by atoms with Crippen LogP contribution in [0.3, 0.4) is 0 Å². The number of aromatic nitrogens is 4. The molecule has 3 rings (SSSR count). The van der Waals surface area contributed by atoms with E-state index in [1.54, 1.807) is 29.3 Å². The minimum atomic E-state index is 0.354. The summed E-state index contributed by atoms with van der Waals surface area (Å²) in [5, 5.41) is 4.47. The summed E-state index contributed by atoms with van der Waals surface area (Å²) in [6.07, 6.45) is 5.15. The summed E-state index contributed by atoms with van der Waals surface area (Å²) in [4.78, 5) is 8.62. The normalized spacial score (nSPS) is 10.9. The van der Waals surface area contributed by atoms with Gasteiger partial charge in [-0.15, -0.1) is 0 Å². The van der Waals surface area contributed by atoms with Crippen molar-refractivity contribution in [1.29, 1.82) is 0 Å². The van der Waals surface area contributed by atoms with Crippen LogP contribution >= 0.6 is 27.5 Å². The Morgan fingerprint density at radius 1 is 1.37 bits per heavy atom. The first-order chi connectivity index (χ1) is 9.13. The number of hydrogen-bond acceptors (Lipinski definition) is 4. The lowest BCUT2D eigenvalue weighted by molar-refractivity contribution is 0.576. The molecule has 0 aliphatic carbocycles. The van der Waals surface area contributed by atoms with Gasteiger partial charge in [-0.05, 0) is 22.0 Å². The fraction of sp³-hybridized carbons (Fsp3) is 0.0833. The van der Waals surface area contributed by atoms with Crippen molar-refractivity contribution in [2.75, 3.05) is 0 Å². The van der Waals surface area contributed by atoms with E-state index in [1.165, 1.54) is 0 Å². The first-order valence-corrected chi connectivity index (χ1v) is 6.57. The van der Waals surface area contributed by atoms with Gasteiger partial charge in [-0.3, -0.25) is 4.68 Å². The Hall–Kier alpha value is -1.66. The predicted octanol–water partition coefficient (Wildman–Crippen LogP) is 3.55. The van der Waals surface area contributed by atoms with Crippen LogP contribution in [0.25, 0.3) is 22.8 Å². The minimum Gasteiger partial charge on any atom is -0.460 e. The molecule has 3 aromatic heterocycles. The highest BCUT2D eigenvalue weighted by Gasteiger charge is 2.13. The second-order valence-electron chi connectivity index (χ2n) is 3.90. The van der Waals surface area contributed by atoms with Gasteiger partial charge in [0.2, 0.25) is 0 Å². The fourth-order valence-electron chi connectivity index (χ4n) is 1.67. The molecule has 0 N–H and O–H groups in total. The molecule has 0 saturated carbocycles. The fourth-order valence-corrected chi connectivity index (χ4v) is 2.24. The smallest absolute Gasteiger partial charge is 0.198 e. The molecule has 96 valence electrons. The summed E-state index contributed by atoms with van der Waals surface area (Å²) in [5.41, 5.74) is 1.57. The number of nitrogens with zero attached hydrogens (tertiary/aromatic N) is 4. The summed E-state index contributed by atoms with van der Waals surface area (Å²) < 4.78 is 7.84. The molecule has 19 heavy (non-hydrogen) atoms. The number of furan rings is 1. The van der Waals surface area contributed by atoms with Crippen LogP contribution < -0.4 is 0 Å². The Morgan fingerprint density at radius 3 is 2.84 bits per heavy atom. The zero-order chi connectivity index (χ0) is 13.4. The monoisotopic (exact) mass is 338 g/mol. The Morgan fingerprint density at radius 2 is 2.21 bits per heavy atom. The van der Waals surface area contributed by atoms with Crippen molar-refractivity contribution in [2.45, 2.75) is 0 Å². The first kappa shape index (κ1) is 12.4. The van der Waals surface area contributed by atoms with Gasteiger partial charge in [0.15, 0.2) is 11.6 Å². The molecule has 0 radical (unpaired) electrons. The number of halogens is 2. The predicted molar refractivity (Wildman–Crippen MR) is 74.6 cm³/mol. The van der Waals surface area contributed by atoms with E-state index in [2.05, 4.69) is 31.0 Å². The van der Waals surface area contributed by atoms with Gasteiger partial charge < -0.3 is 4.42 Å². The molecule has 7 heteroatoms. The van der Waals surface area contributed by atoms with Gasteiger partial charge in [0.05, 0.1) is 22.6 Å². The lowest BCUT2D eigenvalue weighted by Crippen LogP contribution is -1.92. The van der Waals surface area contributed by atoms with E-state index in [9.17, 15) is 0 Å². The Labute approximate surface area is 122 Å². The number of aryl methyl sites for hydroxylation is 1. The molecule has 0 aromatic carbocycles. The van der Waals surface area contributed by atoms with Crippen LogP contribution in [0.5, 0.6) is 0 Å². The summed E-state index contributed by atoms with van der Waals surface area (Å²) in [7, 11) is 1.84. The third kappa shape index (κ3) is 2.41. The second-order valence-corrected chi connectivity index (χ2v) is 5.14. The van der Waals surface area contributed by atoms with Gasteiger partial charge >= 0.3 is 0 Å². The maximum Gasteiger partial charge on any atom is 0.198 e. The van der Waals surface area contributed by atoms with Gasteiger partial charge in [-0.2, -0.15) is 5.10 Å². The van der Waals surface area contributed by atoms with Crippen LogP contribution in [0.1, 0.15) is 0 Å².